The molecule has 0 saturated carbocycles. The van der Waals surface area contributed by atoms with E-state index >= 15 is 0 Å². The number of aromatic nitrogens is 2. The Hall–Kier alpha value is -2.08. The van der Waals surface area contributed by atoms with Gasteiger partial charge in [-0.25, -0.2) is 4.98 Å². The molecule has 0 atom stereocenters. The highest BCUT2D eigenvalue weighted by Gasteiger charge is 2.12. The van der Waals surface area contributed by atoms with Gasteiger partial charge in [0.05, 0.1) is 5.75 Å². The number of nitrogens with zero attached hydrogens (tertiary/aromatic N) is 1. The van der Waals surface area contributed by atoms with E-state index in [1.54, 1.807) is 6.92 Å². The van der Waals surface area contributed by atoms with Crippen LogP contribution in [0.2, 0.25) is 0 Å². The molecule has 23 heavy (non-hydrogen) atoms. The van der Waals surface area contributed by atoms with Gasteiger partial charge in [0.25, 0.3) is 5.56 Å². The predicted molar refractivity (Wildman–Crippen MR) is 94.2 cm³/mol. The van der Waals surface area contributed by atoms with Crippen LogP contribution in [0, 0.1) is 13.8 Å². The fraction of sp³-hybridized carbons (Fsp3) is 0.353. The molecule has 2 rings (SSSR count). The number of hydrogen-bond donors (Lipinski definition) is 2. The average molecular weight is 331 g/mol. The average Bonchev–Trinajstić information content (AvgIpc) is 2.46. The third-order valence-corrected chi connectivity index (χ3v) is 4.25. The number of thioether (sulfide) groups is 1. The molecule has 0 aliphatic carbocycles. The molecule has 0 saturated heterocycles. The van der Waals surface area contributed by atoms with Crippen LogP contribution in [-0.4, -0.2) is 21.6 Å². The van der Waals surface area contributed by atoms with Crippen LogP contribution in [0.4, 0.5) is 5.69 Å². The maximum atomic E-state index is 12.2. The van der Waals surface area contributed by atoms with E-state index in [4.69, 9.17) is 0 Å². The zero-order chi connectivity index (χ0) is 17.0. The monoisotopic (exact) mass is 331 g/mol. The molecule has 6 heteroatoms. The first kappa shape index (κ1) is 17.3. The lowest BCUT2D eigenvalue weighted by Gasteiger charge is -2.16. The van der Waals surface area contributed by atoms with Crippen molar-refractivity contribution in [2.75, 3.05) is 11.1 Å². The molecular weight excluding hydrogens is 310 g/mol. The Kier molecular flexibility index (Phi) is 5.60. The first-order chi connectivity index (χ1) is 10.9. The molecule has 0 radical (unpaired) electrons. The molecule has 0 aliphatic heterocycles. The van der Waals surface area contributed by atoms with Crippen LogP contribution in [0.5, 0.6) is 0 Å². The highest BCUT2D eigenvalue weighted by molar-refractivity contribution is 7.99. The fourth-order valence-corrected chi connectivity index (χ4v) is 2.99. The number of benzene rings is 1. The molecule has 1 aromatic heterocycles. The third kappa shape index (κ3) is 4.69. The molecule has 122 valence electrons. The normalized spacial score (nSPS) is 10.8. The molecule has 0 fully saturated rings. The van der Waals surface area contributed by atoms with E-state index in [1.165, 1.54) is 17.8 Å². The molecule has 2 N–H and O–H groups in total. The first-order valence-electron chi connectivity index (χ1n) is 7.47. The number of amides is 1. The van der Waals surface area contributed by atoms with E-state index < -0.39 is 0 Å². The van der Waals surface area contributed by atoms with Crippen molar-refractivity contribution >= 4 is 23.4 Å². The molecule has 1 heterocycles. The van der Waals surface area contributed by atoms with E-state index in [0.717, 1.165) is 16.8 Å². The van der Waals surface area contributed by atoms with Gasteiger partial charge < -0.3 is 10.3 Å². The van der Waals surface area contributed by atoms with Crippen LogP contribution in [-0.2, 0) is 4.79 Å². The minimum atomic E-state index is -0.207. The summed E-state index contributed by atoms with van der Waals surface area (Å²) in [6.45, 7) is 7.93. The smallest absolute Gasteiger partial charge is 0.251 e. The van der Waals surface area contributed by atoms with Crippen LogP contribution < -0.4 is 10.9 Å². The molecule has 1 aromatic carbocycles. The van der Waals surface area contributed by atoms with E-state index in [1.807, 2.05) is 25.1 Å². The third-order valence-electron chi connectivity index (χ3n) is 3.38. The standard InChI is InChI=1S/C17H21N3O2S/c1-10(2)13-7-5-6-11(3)16(13)19-15(22)9-23-17-18-12(4)8-14(21)20-17/h5-8,10H,9H2,1-4H3,(H,19,22)(H,18,20,21). The molecule has 1 amide bonds. The van der Waals surface area contributed by atoms with Crippen molar-refractivity contribution in [1.82, 2.24) is 9.97 Å². The quantitative estimate of drug-likeness (QED) is 0.651. The summed E-state index contributed by atoms with van der Waals surface area (Å²) in [4.78, 5) is 30.5. The largest absolute Gasteiger partial charge is 0.325 e. The van der Waals surface area contributed by atoms with Gasteiger partial charge >= 0.3 is 0 Å². The van der Waals surface area contributed by atoms with Crippen molar-refractivity contribution < 1.29 is 4.79 Å². The fourth-order valence-electron chi connectivity index (χ4n) is 2.27. The Morgan fingerprint density at radius 2 is 2.09 bits per heavy atom. The minimum Gasteiger partial charge on any atom is -0.325 e. The molecule has 0 unspecified atom stereocenters. The van der Waals surface area contributed by atoms with Crippen molar-refractivity contribution in [2.45, 2.75) is 38.8 Å². The Bertz CT molecular complexity index is 769. The van der Waals surface area contributed by atoms with Crippen LogP contribution in [0.25, 0.3) is 0 Å². The number of hydrogen-bond acceptors (Lipinski definition) is 4. The molecule has 2 aromatic rings. The van der Waals surface area contributed by atoms with Gasteiger partial charge in [0.15, 0.2) is 5.16 Å². The summed E-state index contributed by atoms with van der Waals surface area (Å²) in [6.07, 6.45) is 0. The molecule has 0 spiro atoms. The van der Waals surface area contributed by atoms with Crippen molar-refractivity contribution in [3.63, 3.8) is 0 Å². The second-order valence-corrected chi connectivity index (χ2v) is 6.69. The second-order valence-electron chi connectivity index (χ2n) is 5.72. The predicted octanol–water partition coefficient (Wildman–Crippen LogP) is 3.24. The van der Waals surface area contributed by atoms with Gasteiger partial charge in [-0.15, -0.1) is 0 Å². The Morgan fingerprint density at radius 3 is 2.74 bits per heavy atom. The zero-order valence-electron chi connectivity index (χ0n) is 13.8. The summed E-state index contributed by atoms with van der Waals surface area (Å²) in [5.41, 5.74) is 3.46. The van der Waals surface area contributed by atoms with Gasteiger partial charge in [0.1, 0.15) is 0 Å². The Labute approximate surface area is 139 Å². The number of rotatable bonds is 5. The SMILES string of the molecule is Cc1cc(=O)[nH]c(SCC(=O)Nc2c(C)cccc2C(C)C)n1. The lowest BCUT2D eigenvalue weighted by atomic mass is 9.98. The molecule has 0 bridgehead atoms. The highest BCUT2D eigenvalue weighted by atomic mass is 32.2. The van der Waals surface area contributed by atoms with Crippen molar-refractivity contribution in [2.24, 2.45) is 0 Å². The van der Waals surface area contributed by atoms with E-state index in [9.17, 15) is 9.59 Å². The van der Waals surface area contributed by atoms with Crippen molar-refractivity contribution in [3.8, 4) is 0 Å². The van der Waals surface area contributed by atoms with Gasteiger partial charge in [0.2, 0.25) is 5.91 Å². The van der Waals surface area contributed by atoms with Gasteiger partial charge in [0, 0.05) is 17.4 Å². The summed E-state index contributed by atoms with van der Waals surface area (Å²) in [5, 5.41) is 3.44. The number of carbonyl (C=O) groups is 1. The van der Waals surface area contributed by atoms with Gasteiger partial charge in [-0.3, -0.25) is 9.59 Å². The van der Waals surface area contributed by atoms with E-state index in [-0.39, 0.29) is 17.2 Å². The minimum absolute atomic E-state index is 0.115. The summed E-state index contributed by atoms with van der Waals surface area (Å²) in [7, 11) is 0. The number of H-pyrrole nitrogens is 1. The number of anilines is 1. The lowest BCUT2D eigenvalue weighted by Crippen LogP contribution is -2.17. The zero-order valence-corrected chi connectivity index (χ0v) is 14.6. The number of aromatic amines is 1. The maximum absolute atomic E-state index is 12.2. The van der Waals surface area contributed by atoms with Crippen LogP contribution >= 0.6 is 11.8 Å². The van der Waals surface area contributed by atoms with Crippen LogP contribution in [0.1, 0.15) is 36.6 Å². The lowest BCUT2D eigenvalue weighted by molar-refractivity contribution is -0.113. The highest BCUT2D eigenvalue weighted by Crippen LogP contribution is 2.27. The summed E-state index contributed by atoms with van der Waals surface area (Å²) in [5.74, 6) is 0.404. The molecule has 5 nitrogen and oxygen atoms in total. The van der Waals surface area contributed by atoms with Gasteiger partial charge in [-0.1, -0.05) is 43.8 Å². The van der Waals surface area contributed by atoms with Gasteiger partial charge in [-0.2, -0.15) is 0 Å². The summed E-state index contributed by atoms with van der Waals surface area (Å²) >= 11 is 1.22. The topological polar surface area (TPSA) is 74.8 Å². The summed E-state index contributed by atoms with van der Waals surface area (Å²) in [6, 6.07) is 7.43. The van der Waals surface area contributed by atoms with Crippen molar-refractivity contribution in [3.05, 3.63) is 51.4 Å². The van der Waals surface area contributed by atoms with E-state index in [2.05, 4.69) is 29.1 Å². The van der Waals surface area contributed by atoms with Crippen LogP contribution in [0.15, 0.2) is 34.2 Å². The summed E-state index contributed by atoms with van der Waals surface area (Å²) < 4.78 is 0. The van der Waals surface area contributed by atoms with Crippen molar-refractivity contribution in [1.29, 1.82) is 0 Å². The number of nitrogens with one attached hydrogen (secondary N) is 2. The van der Waals surface area contributed by atoms with E-state index in [0.29, 0.717) is 16.8 Å². The number of para-hydroxylation sites is 1. The van der Waals surface area contributed by atoms with Gasteiger partial charge in [-0.05, 0) is 30.9 Å². The van der Waals surface area contributed by atoms with Crippen LogP contribution in [0.3, 0.4) is 0 Å². The molecule has 0 aliphatic rings. The Balaban J connectivity index is 2.07. The molecular formula is C17H21N3O2S. The second kappa shape index (κ2) is 7.46. The maximum Gasteiger partial charge on any atom is 0.251 e. The first-order valence-corrected chi connectivity index (χ1v) is 8.45. The number of carbonyl (C=O) groups excluding carboxylic acids is 1. The number of aryl methyl sites for hydroxylation is 2. The Morgan fingerprint density at radius 1 is 1.35 bits per heavy atom.